The van der Waals surface area contributed by atoms with E-state index in [0.717, 1.165) is 12.8 Å². The molecule has 0 aromatic heterocycles. The first-order chi connectivity index (χ1) is 8.52. The van der Waals surface area contributed by atoms with Gasteiger partial charge in [0.25, 0.3) is 0 Å². The molecule has 2 aliphatic rings. The fourth-order valence-corrected chi connectivity index (χ4v) is 2.34. The Bertz CT molecular complexity index is 379. The van der Waals surface area contributed by atoms with Crippen LogP contribution in [0.2, 0.25) is 0 Å². The van der Waals surface area contributed by atoms with Gasteiger partial charge in [-0.05, 0) is 25.2 Å². The maximum atomic E-state index is 12.1. The number of nitrogens with two attached hydrogens (primary N) is 1. The molecule has 2 fully saturated rings. The van der Waals surface area contributed by atoms with Crippen LogP contribution < -0.4 is 11.1 Å². The first-order valence-corrected chi connectivity index (χ1v) is 6.41. The van der Waals surface area contributed by atoms with Gasteiger partial charge in [-0.3, -0.25) is 19.7 Å². The molecule has 18 heavy (non-hydrogen) atoms. The minimum atomic E-state index is -0.540. The minimum absolute atomic E-state index is 0.0412. The predicted octanol–water partition coefficient (Wildman–Crippen LogP) is -0.623. The average molecular weight is 253 g/mol. The van der Waals surface area contributed by atoms with Crippen molar-refractivity contribution < 1.29 is 14.4 Å². The van der Waals surface area contributed by atoms with Crippen LogP contribution in [0.5, 0.6) is 0 Å². The lowest BCUT2D eigenvalue weighted by Crippen LogP contribution is -2.60. The van der Waals surface area contributed by atoms with Gasteiger partial charge in [0.15, 0.2) is 0 Å². The highest BCUT2D eigenvalue weighted by atomic mass is 16.2. The van der Waals surface area contributed by atoms with Gasteiger partial charge < -0.3 is 10.6 Å². The molecule has 1 saturated carbocycles. The largest absolute Gasteiger partial charge is 0.327 e. The van der Waals surface area contributed by atoms with Crippen molar-refractivity contribution in [1.82, 2.24) is 10.2 Å². The van der Waals surface area contributed by atoms with E-state index in [2.05, 4.69) is 5.32 Å². The van der Waals surface area contributed by atoms with E-state index in [-0.39, 0.29) is 30.8 Å². The quantitative estimate of drug-likeness (QED) is 0.653. The highest BCUT2D eigenvalue weighted by Gasteiger charge is 2.37. The molecule has 1 heterocycles. The molecule has 1 aliphatic heterocycles. The molecular weight excluding hydrogens is 234 g/mol. The molecule has 100 valence electrons. The summed E-state index contributed by atoms with van der Waals surface area (Å²) >= 11 is 0. The molecule has 2 unspecified atom stereocenters. The van der Waals surface area contributed by atoms with Gasteiger partial charge in [-0.15, -0.1) is 0 Å². The second kappa shape index (κ2) is 5.06. The molecule has 2 rings (SSSR count). The number of hydrogen-bond donors (Lipinski definition) is 2. The molecule has 0 bridgehead atoms. The van der Waals surface area contributed by atoms with Crippen molar-refractivity contribution in [3.63, 3.8) is 0 Å². The fraction of sp³-hybridized carbons (Fsp3) is 0.750. The zero-order chi connectivity index (χ0) is 13.3. The SMILES string of the molecule is CCC1C(=O)NC(=O)CN1C(=O)CC(N)C1CC1. The maximum absolute atomic E-state index is 12.1. The summed E-state index contributed by atoms with van der Waals surface area (Å²) in [6.45, 7) is 1.78. The van der Waals surface area contributed by atoms with Crippen LogP contribution in [0.3, 0.4) is 0 Å². The molecule has 0 spiro atoms. The van der Waals surface area contributed by atoms with Crippen molar-refractivity contribution in [3.8, 4) is 0 Å². The third-order valence-corrected chi connectivity index (χ3v) is 3.60. The molecule has 3 N–H and O–H groups in total. The van der Waals surface area contributed by atoms with Crippen molar-refractivity contribution in [3.05, 3.63) is 0 Å². The Morgan fingerprint density at radius 1 is 1.50 bits per heavy atom. The Labute approximate surface area is 106 Å². The molecular formula is C12H19N3O3. The summed E-state index contributed by atoms with van der Waals surface area (Å²) < 4.78 is 0. The number of rotatable bonds is 4. The number of imide groups is 1. The van der Waals surface area contributed by atoms with E-state index in [9.17, 15) is 14.4 Å². The van der Waals surface area contributed by atoms with Gasteiger partial charge in [0.1, 0.15) is 12.6 Å². The van der Waals surface area contributed by atoms with Gasteiger partial charge in [-0.1, -0.05) is 6.92 Å². The van der Waals surface area contributed by atoms with Crippen molar-refractivity contribution in [2.24, 2.45) is 11.7 Å². The summed E-state index contributed by atoms with van der Waals surface area (Å²) in [5.74, 6) is -0.562. The van der Waals surface area contributed by atoms with Gasteiger partial charge in [0.2, 0.25) is 17.7 Å². The van der Waals surface area contributed by atoms with Crippen molar-refractivity contribution in [2.75, 3.05) is 6.54 Å². The molecule has 0 aromatic rings. The summed E-state index contributed by atoms with van der Waals surface area (Å²) in [4.78, 5) is 36.4. The smallest absolute Gasteiger partial charge is 0.249 e. The van der Waals surface area contributed by atoms with Crippen LogP contribution in [-0.2, 0) is 14.4 Å². The van der Waals surface area contributed by atoms with Crippen LogP contribution in [0.15, 0.2) is 0 Å². The van der Waals surface area contributed by atoms with Crippen molar-refractivity contribution >= 4 is 17.7 Å². The number of carbonyl (C=O) groups is 3. The lowest BCUT2D eigenvalue weighted by atomic mass is 10.1. The molecule has 2 atom stereocenters. The highest BCUT2D eigenvalue weighted by molar-refractivity contribution is 6.04. The number of amides is 3. The Hall–Kier alpha value is -1.43. The Morgan fingerprint density at radius 2 is 2.17 bits per heavy atom. The van der Waals surface area contributed by atoms with Gasteiger partial charge >= 0.3 is 0 Å². The molecule has 0 radical (unpaired) electrons. The first-order valence-electron chi connectivity index (χ1n) is 6.41. The number of hydrogen-bond acceptors (Lipinski definition) is 4. The maximum Gasteiger partial charge on any atom is 0.249 e. The zero-order valence-electron chi connectivity index (χ0n) is 10.5. The summed E-state index contributed by atoms with van der Waals surface area (Å²) in [5, 5.41) is 2.25. The molecule has 1 aliphatic carbocycles. The third-order valence-electron chi connectivity index (χ3n) is 3.60. The minimum Gasteiger partial charge on any atom is -0.327 e. The van der Waals surface area contributed by atoms with Gasteiger partial charge in [0.05, 0.1) is 0 Å². The van der Waals surface area contributed by atoms with Gasteiger partial charge in [-0.2, -0.15) is 0 Å². The van der Waals surface area contributed by atoms with Crippen LogP contribution >= 0.6 is 0 Å². The summed E-state index contributed by atoms with van der Waals surface area (Å²) in [7, 11) is 0. The third kappa shape index (κ3) is 2.69. The summed E-state index contributed by atoms with van der Waals surface area (Å²) in [5.41, 5.74) is 5.91. The topological polar surface area (TPSA) is 92.5 Å². The normalized spacial score (nSPS) is 25.9. The Morgan fingerprint density at radius 3 is 2.72 bits per heavy atom. The lowest BCUT2D eigenvalue weighted by Gasteiger charge is -2.34. The van der Waals surface area contributed by atoms with Crippen LogP contribution in [0.25, 0.3) is 0 Å². The molecule has 6 nitrogen and oxygen atoms in total. The van der Waals surface area contributed by atoms with Gasteiger partial charge in [0, 0.05) is 12.5 Å². The Balaban J connectivity index is 2.01. The monoisotopic (exact) mass is 253 g/mol. The van der Waals surface area contributed by atoms with Crippen molar-refractivity contribution in [1.29, 1.82) is 0 Å². The Kier molecular flexibility index (Phi) is 3.65. The first kappa shape index (κ1) is 13.0. The van der Waals surface area contributed by atoms with E-state index in [1.165, 1.54) is 4.90 Å². The van der Waals surface area contributed by atoms with Crippen LogP contribution in [0.4, 0.5) is 0 Å². The fourth-order valence-electron chi connectivity index (χ4n) is 2.34. The number of nitrogens with zero attached hydrogens (tertiary/aromatic N) is 1. The zero-order valence-corrected chi connectivity index (χ0v) is 10.5. The highest BCUT2D eigenvalue weighted by Crippen LogP contribution is 2.33. The van der Waals surface area contributed by atoms with Crippen LogP contribution in [-0.4, -0.2) is 41.2 Å². The number of nitrogens with one attached hydrogen (secondary N) is 1. The van der Waals surface area contributed by atoms with Gasteiger partial charge in [-0.25, -0.2) is 0 Å². The second-order valence-corrected chi connectivity index (χ2v) is 5.06. The molecule has 3 amide bonds. The van der Waals surface area contributed by atoms with E-state index in [1.54, 1.807) is 0 Å². The molecule has 1 saturated heterocycles. The average Bonchev–Trinajstić information content (AvgIpc) is 3.11. The second-order valence-electron chi connectivity index (χ2n) is 5.06. The predicted molar refractivity (Wildman–Crippen MR) is 64.3 cm³/mol. The molecule has 6 heteroatoms. The number of piperazine rings is 1. The molecule has 0 aromatic carbocycles. The number of carbonyl (C=O) groups excluding carboxylic acids is 3. The van der Waals surface area contributed by atoms with E-state index in [1.807, 2.05) is 6.92 Å². The van der Waals surface area contributed by atoms with E-state index in [4.69, 9.17) is 5.73 Å². The van der Waals surface area contributed by atoms with Crippen LogP contribution in [0.1, 0.15) is 32.6 Å². The standard InChI is InChI=1S/C12H19N3O3/c1-2-9-12(18)14-10(16)6-15(9)11(17)5-8(13)7-3-4-7/h7-9H,2-6,13H2,1H3,(H,14,16,18). The van der Waals surface area contributed by atoms with Crippen molar-refractivity contribution in [2.45, 2.75) is 44.7 Å². The van der Waals surface area contributed by atoms with E-state index in [0.29, 0.717) is 12.3 Å². The van der Waals surface area contributed by atoms with Crippen LogP contribution in [0, 0.1) is 5.92 Å². The lowest BCUT2D eigenvalue weighted by molar-refractivity contribution is -0.150. The summed E-state index contributed by atoms with van der Waals surface area (Å²) in [6, 6.07) is -0.684. The van der Waals surface area contributed by atoms with E-state index >= 15 is 0 Å². The van der Waals surface area contributed by atoms with E-state index < -0.39 is 11.9 Å². The summed E-state index contributed by atoms with van der Waals surface area (Å²) in [6.07, 6.45) is 2.88.